The highest BCUT2D eigenvalue weighted by molar-refractivity contribution is 6.02. The van der Waals surface area contributed by atoms with Crippen molar-refractivity contribution in [2.45, 2.75) is 0 Å². The van der Waals surface area contributed by atoms with Crippen LogP contribution >= 0.6 is 0 Å². The number of alkyl carbamates (subject to hydrolysis) is 1. The van der Waals surface area contributed by atoms with Crippen LogP contribution in [0.15, 0.2) is 12.2 Å². The predicted molar refractivity (Wildman–Crippen MR) is 47.4 cm³/mol. The number of ether oxygens (including phenoxy) is 1. The van der Waals surface area contributed by atoms with Gasteiger partial charge in [0.15, 0.2) is 0 Å². The van der Waals surface area contributed by atoms with Crippen LogP contribution in [0.25, 0.3) is 0 Å². The molecule has 0 aliphatic carbocycles. The van der Waals surface area contributed by atoms with E-state index in [2.05, 4.69) is 4.74 Å². The molecule has 1 aliphatic rings. The quantitative estimate of drug-likeness (QED) is 0.608. The summed E-state index contributed by atoms with van der Waals surface area (Å²) in [4.78, 5) is 37.3. The number of hydrogen-bond donors (Lipinski definition) is 1. The molecular weight excluding hydrogens is 204 g/mol. The second-order valence-electron chi connectivity index (χ2n) is 2.59. The van der Waals surface area contributed by atoms with Gasteiger partial charge in [0.2, 0.25) is 0 Å². The molecule has 1 rings (SSSR count). The van der Waals surface area contributed by atoms with E-state index in [0.29, 0.717) is 13.2 Å². The van der Waals surface area contributed by atoms with Crippen LogP contribution in [0.5, 0.6) is 0 Å². The summed E-state index contributed by atoms with van der Waals surface area (Å²) in [5.74, 6) is -1.17. The summed E-state index contributed by atoms with van der Waals surface area (Å²) in [5, 5.41) is 2.96. The van der Waals surface area contributed by atoms with E-state index in [-0.39, 0.29) is 0 Å². The second kappa shape index (κ2) is 5.11. The van der Waals surface area contributed by atoms with E-state index in [9.17, 15) is 14.4 Å². The van der Waals surface area contributed by atoms with Crippen molar-refractivity contribution in [2.75, 3.05) is 20.3 Å². The molecule has 7 heteroatoms. The first-order valence-corrected chi connectivity index (χ1v) is 4.15. The van der Waals surface area contributed by atoms with Gasteiger partial charge in [0, 0.05) is 12.2 Å². The molecule has 0 aromatic rings. The van der Waals surface area contributed by atoms with Crippen LogP contribution in [-0.2, 0) is 19.2 Å². The first kappa shape index (κ1) is 11.2. The predicted octanol–water partition coefficient (Wildman–Crippen LogP) is -0.801. The summed E-state index contributed by atoms with van der Waals surface area (Å²) in [6.45, 7) is 0.996. The molecule has 0 aromatic heterocycles. The minimum atomic E-state index is -0.878. The van der Waals surface area contributed by atoms with Crippen LogP contribution in [0, 0.1) is 0 Å². The summed E-state index contributed by atoms with van der Waals surface area (Å²) in [6.07, 6.45) is 1.07. The van der Waals surface area contributed by atoms with E-state index in [1.54, 1.807) is 0 Å². The Labute approximate surface area is 85.6 Å². The number of hydrogen-bond acceptors (Lipinski definition) is 5. The summed E-state index contributed by atoms with van der Waals surface area (Å²) in [5.41, 5.74) is 0. The average Bonchev–Trinajstić information content (AvgIpc) is 2.11. The summed E-state index contributed by atoms with van der Waals surface area (Å²) in [6, 6.07) is 0. The highest BCUT2D eigenvalue weighted by atomic mass is 16.7. The zero-order chi connectivity index (χ0) is 11.3. The molecule has 1 fully saturated rings. The third-order valence-corrected chi connectivity index (χ3v) is 1.58. The fourth-order valence-corrected chi connectivity index (χ4v) is 0.780. The number of rotatable bonds is 2. The summed E-state index contributed by atoms with van der Waals surface area (Å²) >= 11 is 0. The van der Waals surface area contributed by atoms with E-state index < -0.39 is 17.9 Å². The molecule has 1 saturated heterocycles. The SMILES string of the molecule is COC(=O)NC(=O)/C=C/C(=O)N1CCO1. The van der Waals surface area contributed by atoms with Gasteiger partial charge in [-0.05, 0) is 0 Å². The fraction of sp³-hybridized carbons (Fsp3) is 0.375. The van der Waals surface area contributed by atoms with Crippen LogP contribution in [0.3, 0.4) is 0 Å². The number of imide groups is 1. The number of hydroxylamine groups is 2. The number of carbonyl (C=O) groups excluding carboxylic acids is 3. The minimum Gasteiger partial charge on any atom is -0.453 e. The van der Waals surface area contributed by atoms with Crippen LogP contribution in [-0.4, -0.2) is 43.2 Å². The molecular formula is C8H10N2O5. The molecule has 0 spiro atoms. The zero-order valence-corrected chi connectivity index (χ0v) is 8.06. The molecule has 0 aromatic carbocycles. The Morgan fingerprint density at radius 3 is 2.53 bits per heavy atom. The van der Waals surface area contributed by atoms with E-state index in [4.69, 9.17) is 4.84 Å². The van der Waals surface area contributed by atoms with E-state index in [0.717, 1.165) is 24.3 Å². The molecule has 1 heterocycles. The van der Waals surface area contributed by atoms with Crippen molar-refractivity contribution < 1.29 is 24.0 Å². The first-order chi connectivity index (χ1) is 7.13. The maximum Gasteiger partial charge on any atom is 0.413 e. The Bertz CT molecular complexity index is 308. The van der Waals surface area contributed by atoms with Gasteiger partial charge in [0.1, 0.15) is 0 Å². The van der Waals surface area contributed by atoms with Crippen molar-refractivity contribution in [2.24, 2.45) is 0 Å². The largest absolute Gasteiger partial charge is 0.453 e. The van der Waals surface area contributed by atoms with Gasteiger partial charge in [-0.1, -0.05) is 0 Å². The number of amides is 3. The van der Waals surface area contributed by atoms with Crippen LogP contribution < -0.4 is 5.32 Å². The van der Waals surface area contributed by atoms with Gasteiger partial charge >= 0.3 is 6.09 Å². The molecule has 7 nitrogen and oxygen atoms in total. The third kappa shape index (κ3) is 3.39. The van der Waals surface area contributed by atoms with Gasteiger partial charge < -0.3 is 4.74 Å². The Balaban J connectivity index is 2.32. The van der Waals surface area contributed by atoms with Crippen molar-refractivity contribution in [1.29, 1.82) is 0 Å². The average molecular weight is 214 g/mol. The first-order valence-electron chi connectivity index (χ1n) is 4.15. The Morgan fingerprint density at radius 2 is 2.07 bits per heavy atom. The van der Waals surface area contributed by atoms with Crippen molar-refractivity contribution in [3.8, 4) is 0 Å². The van der Waals surface area contributed by atoms with Crippen molar-refractivity contribution in [3.05, 3.63) is 12.2 Å². The van der Waals surface area contributed by atoms with Crippen LogP contribution in [0.2, 0.25) is 0 Å². The monoisotopic (exact) mass is 214 g/mol. The topological polar surface area (TPSA) is 84.9 Å². The zero-order valence-electron chi connectivity index (χ0n) is 8.06. The van der Waals surface area contributed by atoms with E-state index in [1.807, 2.05) is 5.32 Å². The highest BCUT2D eigenvalue weighted by Crippen LogP contribution is 2.02. The molecule has 0 bridgehead atoms. The molecule has 0 unspecified atom stereocenters. The van der Waals surface area contributed by atoms with Gasteiger partial charge in [0.05, 0.1) is 20.3 Å². The molecule has 1 N–H and O–H groups in total. The van der Waals surface area contributed by atoms with Gasteiger partial charge in [-0.15, -0.1) is 0 Å². The molecule has 0 atom stereocenters. The number of nitrogens with one attached hydrogen (secondary N) is 1. The molecule has 0 saturated carbocycles. The maximum absolute atomic E-state index is 11.1. The fourth-order valence-electron chi connectivity index (χ4n) is 0.780. The maximum atomic E-state index is 11.1. The number of methoxy groups -OCH3 is 1. The van der Waals surface area contributed by atoms with Crippen molar-refractivity contribution >= 4 is 17.9 Å². The highest BCUT2D eigenvalue weighted by Gasteiger charge is 2.19. The molecule has 3 amide bonds. The second-order valence-corrected chi connectivity index (χ2v) is 2.59. The van der Waals surface area contributed by atoms with E-state index in [1.165, 1.54) is 0 Å². The van der Waals surface area contributed by atoms with Gasteiger partial charge in [-0.3, -0.25) is 19.7 Å². The Hall–Kier alpha value is -1.89. The van der Waals surface area contributed by atoms with Gasteiger partial charge in [0.25, 0.3) is 11.8 Å². The normalized spacial score (nSPS) is 14.6. The number of carbonyl (C=O) groups is 3. The summed E-state index contributed by atoms with van der Waals surface area (Å²) < 4.78 is 4.18. The minimum absolute atomic E-state index is 0.443. The lowest BCUT2D eigenvalue weighted by Crippen LogP contribution is -2.43. The Morgan fingerprint density at radius 1 is 1.40 bits per heavy atom. The molecule has 82 valence electrons. The number of nitrogens with zero attached hydrogens (tertiary/aromatic N) is 1. The molecule has 0 radical (unpaired) electrons. The lowest BCUT2D eigenvalue weighted by molar-refractivity contribution is -0.234. The lowest BCUT2D eigenvalue weighted by Gasteiger charge is -2.28. The molecule has 15 heavy (non-hydrogen) atoms. The van der Waals surface area contributed by atoms with Crippen LogP contribution in [0.1, 0.15) is 0 Å². The van der Waals surface area contributed by atoms with Crippen molar-refractivity contribution in [3.63, 3.8) is 0 Å². The third-order valence-electron chi connectivity index (χ3n) is 1.58. The van der Waals surface area contributed by atoms with E-state index >= 15 is 0 Å². The van der Waals surface area contributed by atoms with Crippen molar-refractivity contribution in [1.82, 2.24) is 10.4 Å². The smallest absolute Gasteiger partial charge is 0.413 e. The lowest BCUT2D eigenvalue weighted by atomic mass is 10.4. The standard InChI is InChI=1S/C8H10N2O5/c1-14-8(13)9-6(11)2-3-7(12)10-4-5-15-10/h2-3H,4-5H2,1H3,(H,9,11,13)/b3-2+. The van der Waals surface area contributed by atoms with Gasteiger partial charge in [-0.25, -0.2) is 9.86 Å². The van der Waals surface area contributed by atoms with Gasteiger partial charge in [-0.2, -0.15) is 0 Å². The van der Waals surface area contributed by atoms with Crippen LogP contribution in [0.4, 0.5) is 4.79 Å². The Kier molecular flexibility index (Phi) is 3.81. The molecule has 1 aliphatic heterocycles. The summed E-state index contributed by atoms with van der Waals surface area (Å²) in [7, 11) is 1.13.